The van der Waals surface area contributed by atoms with E-state index in [0.717, 1.165) is 0 Å². The number of methoxy groups -OCH3 is 3. The maximum absolute atomic E-state index is 12.6. The number of ether oxygens (including phenoxy) is 3. The van der Waals surface area contributed by atoms with Crippen LogP contribution < -0.4 is 9.46 Å². The Labute approximate surface area is 150 Å². The summed E-state index contributed by atoms with van der Waals surface area (Å²) in [7, 11) is -0.269. The molecule has 26 heavy (non-hydrogen) atoms. The molecule has 0 aliphatic rings. The maximum atomic E-state index is 12.6. The molecule has 0 atom stereocenters. The van der Waals surface area contributed by atoms with Crippen LogP contribution in [0.1, 0.15) is 20.7 Å². The van der Waals surface area contributed by atoms with E-state index < -0.39 is 22.0 Å². The number of sulfonamides is 1. The van der Waals surface area contributed by atoms with Crippen LogP contribution in [0.2, 0.25) is 0 Å². The molecule has 0 spiro atoms. The van der Waals surface area contributed by atoms with Gasteiger partial charge in [-0.25, -0.2) is 18.0 Å². The van der Waals surface area contributed by atoms with Crippen molar-refractivity contribution in [2.75, 3.05) is 26.1 Å². The fourth-order valence-electron chi connectivity index (χ4n) is 2.14. The average Bonchev–Trinajstić information content (AvgIpc) is 2.66. The molecule has 0 unspecified atom stereocenters. The lowest BCUT2D eigenvalue weighted by Crippen LogP contribution is -2.15. The van der Waals surface area contributed by atoms with Crippen molar-refractivity contribution >= 4 is 27.6 Å². The summed E-state index contributed by atoms with van der Waals surface area (Å²) in [5.74, 6) is -1.07. The van der Waals surface area contributed by atoms with Crippen LogP contribution >= 0.6 is 0 Å². The molecule has 0 amide bonds. The average molecular weight is 379 g/mol. The van der Waals surface area contributed by atoms with Gasteiger partial charge in [0.15, 0.2) is 0 Å². The number of carbonyl (C=O) groups is 2. The molecule has 0 aromatic heterocycles. The lowest BCUT2D eigenvalue weighted by Gasteiger charge is -2.13. The van der Waals surface area contributed by atoms with E-state index in [0.29, 0.717) is 0 Å². The van der Waals surface area contributed by atoms with Crippen LogP contribution in [0.25, 0.3) is 0 Å². The lowest BCUT2D eigenvalue weighted by atomic mass is 10.2. The van der Waals surface area contributed by atoms with Crippen molar-refractivity contribution in [3.63, 3.8) is 0 Å². The summed E-state index contributed by atoms with van der Waals surface area (Å²) in [6.07, 6.45) is 0. The third-order valence-electron chi connectivity index (χ3n) is 3.43. The minimum Gasteiger partial charge on any atom is -0.495 e. The zero-order valence-electron chi connectivity index (χ0n) is 14.3. The van der Waals surface area contributed by atoms with Gasteiger partial charge in [0.2, 0.25) is 0 Å². The fourth-order valence-corrected chi connectivity index (χ4v) is 3.25. The van der Waals surface area contributed by atoms with Crippen LogP contribution in [0.4, 0.5) is 5.69 Å². The first kappa shape index (κ1) is 19.3. The summed E-state index contributed by atoms with van der Waals surface area (Å²) >= 11 is 0. The van der Waals surface area contributed by atoms with Crippen LogP contribution in [0, 0.1) is 0 Å². The first-order valence-corrected chi connectivity index (χ1v) is 8.78. The van der Waals surface area contributed by atoms with Crippen LogP contribution in [-0.4, -0.2) is 41.7 Å². The number of anilines is 1. The van der Waals surface area contributed by atoms with Crippen molar-refractivity contribution < 1.29 is 32.2 Å². The standard InChI is InChI=1S/C17H17NO7S/c1-23-15-8-7-12(17(20)25-3)10-14(15)18-26(21,22)13-6-4-5-11(9-13)16(19)24-2/h4-10,18H,1-3H3. The fraction of sp³-hybridized carbons (Fsp3) is 0.176. The Morgan fingerprint density at radius 2 is 1.50 bits per heavy atom. The molecule has 0 aliphatic carbocycles. The van der Waals surface area contributed by atoms with Crippen LogP contribution in [0.3, 0.4) is 0 Å². The Balaban J connectivity index is 2.43. The minimum absolute atomic E-state index is 0.0545. The topological polar surface area (TPSA) is 108 Å². The smallest absolute Gasteiger partial charge is 0.337 e. The summed E-state index contributed by atoms with van der Waals surface area (Å²) in [5.41, 5.74) is 0.291. The molecule has 2 aromatic rings. The van der Waals surface area contributed by atoms with E-state index in [1.807, 2.05) is 0 Å². The van der Waals surface area contributed by atoms with Gasteiger partial charge in [-0.05, 0) is 36.4 Å². The van der Waals surface area contributed by atoms with E-state index >= 15 is 0 Å². The minimum atomic E-state index is -4.05. The van der Waals surface area contributed by atoms with Gasteiger partial charge in [0, 0.05) is 0 Å². The second-order valence-electron chi connectivity index (χ2n) is 5.03. The number of carbonyl (C=O) groups excluding carboxylic acids is 2. The molecule has 138 valence electrons. The highest BCUT2D eigenvalue weighted by molar-refractivity contribution is 7.92. The normalized spacial score (nSPS) is 10.7. The molecule has 0 bridgehead atoms. The predicted octanol–water partition coefficient (Wildman–Crippen LogP) is 2.07. The van der Waals surface area contributed by atoms with Crippen molar-refractivity contribution in [1.82, 2.24) is 0 Å². The van der Waals surface area contributed by atoms with Gasteiger partial charge in [0.25, 0.3) is 10.0 Å². The monoisotopic (exact) mass is 379 g/mol. The lowest BCUT2D eigenvalue weighted by molar-refractivity contribution is 0.0591. The third-order valence-corrected chi connectivity index (χ3v) is 4.79. The zero-order valence-corrected chi connectivity index (χ0v) is 15.1. The molecule has 2 rings (SSSR count). The van der Waals surface area contributed by atoms with Crippen LogP contribution in [0.5, 0.6) is 5.75 Å². The molecule has 0 saturated carbocycles. The molecule has 9 heteroatoms. The second kappa shape index (κ2) is 7.87. The first-order valence-electron chi connectivity index (χ1n) is 7.30. The van der Waals surface area contributed by atoms with E-state index in [4.69, 9.17) is 4.74 Å². The predicted molar refractivity (Wildman–Crippen MR) is 92.9 cm³/mol. The summed E-state index contributed by atoms with van der Waals surface area (Å²) < 4.78 is 42.0. The first-order chi connectivity index (χ1) is 12.3. The Morgan fingerprint density at radius 1 is 0.885 bits per heavy atom. The van der Waals surface area contributed by atoms with Crippen molar-refractivity contribution in [3.05, 3.63) is 53.6 Å². The summed E-state index contributed by atoms with van der Waals surface area (Å²) in [6.45, 7) is 0. The molecular formula is C17H17NO7S. The molecule has 0 saturated heterocycles. The Bertz CT molecular complexity index is 938. The molecule has 2 aromatic carbocycles. The summed E-state index contributed by atoms with van der Waals surface area (Å²) in [5, 5.41) is 0. The third kappa shape index (κ3) is 4.12. The highest BCUT2D eigenvalue weighted by Crippen LogP contribution is 2.28. The second-order valence-corrected chi connectivity index (χ2v) is 6.71. The Kier molecular flexibility index (Phi) is 5.83. The van der Waals surface area contributed by atoms with Crippen LogP contribution in [0.15, 0.2) is 47.4 Å². The van der Waals surface area contributed by atoms with Crippen LogP contribution in [-0.2, 0) is 19.5 Å². The summed E-state index contributed by atoms with van der Waals surface area (Å²) in [4.78, 5) is 23.1. The van der Waals surface area contributed by atoms with E-state index in [1.165, 1.54) is 63.8 Å². The van der Waals surface area contributed by atoms with E-state index in [1.54, 1.807) is 0 Å². The van der Waals surface area contributed by atoms with Crippen molar-refractivity contribution in [3.8, 4) is 5.75 Å². The number of rotatable bonds is 6. The van der Waals surface area contributed by atoms with Crippen molar-refractivity contribution in [1.29, 1.82) is 0 Å². The van der Waals surface area contributed by atoms with Gasteiger partial charge in [-0.15, -0.1) is 0 Å². The number of hydrogen-bond donors (Lipinski definition) is 1. The molecule has 8 nitrogen and oxygen atoms in total. The van der Waals surface area contributed by atoms with Gasteiger partial charge in [-0.1, -0.05) is 6.07 Å². The quantitative estimate of drug-likeness (QED) is 0.766. The number of benzene rings is 2. The van der Waals surface area contributed by atoms with E-state index in [2.05, 4.69) is 14.2 Å². The molecule has 0 heterocycles. The largest absolute Gasteiger partial charge is 0.495 e. The van der Waals surface area contributed by atoms with E-state index in [-0.39, 0.29) is 27.5 Å². The maximum Gasteiger partial charge on any atom is 0.337 e. The molecule has 0 fully saturated rings. The van der Waals surface area contributed by atoms with Gasteiger partial charge < -0.3 is 14.2 Å². The van der Waals surface area contributed by atoms with Gasteiger partial charge >= 0.3 is 11.9 Å². The van der Waals surface area contributed by atoms with Gasteiger partial charge in [0.05, 0.1) is 43.0 Å². The number of hydrogen-bond acceptors (Lipinski definition) is 7. The molecular weight excluding hydrogens is 362 g/mol. The summed E-state index contributed by atoms with van der Waals surface area (Å²) in [6, 6.07) is 9.55. The van der Waals surface area contributed by atoms with Gasteiger partial charge in [-0.3, -0.25) is 4.72 Å². The highest BCUT2D eigenvalue weighted by Gasteiger charge is 2.20. The highest BCUT2D eigenvalue weighted by atomic mass is 32.2. The molecule has 0 radical (unpaired) electrons. The van der Waals surface area contributed by atoms with Gasteiger partial charge in [-0.2, -0.15) is 0 Å². The SMILES string of the molecule is COC(=O)c1cccc(S(=O)(=O)Nc2cc(C(=O)OC)ccc2OC)c1. The number of esters is 2. The van der Waals surface area contributed by atoms with Crippen molar-refractivity contribution in [2.24, 2.45) is 0 Å². The van der Waals surface area contributed by atoms with E-state index in [9.17, 15) is 18.0 Å². The molecule has 1 N–H and O–H groups in total. The Hall–Kier alpha value is -3.07. The molecule has 0 aliphatic heterocycles. The zero-order chi connectivity index (χ0) is 19.3. The van der Waals surface area contributed by atoms with Gasteiger partial charge in [0.1, 0.15) is 5.75 Å². The van der Waals surface area contributed by atoms with Crippen molar-refractivity contribution in [2.45, 2.75) is 4.90 Å². The number of nitrogens with one attached hydrogen (secondary N) is 1. The Morgan fingerprint density at radius 3 is 2.08 bits per heavy atom.